The van der Waals surface area contributed by atoms with Crippen LogP contribution in [0.15, 0.2) is 30.3 Å². The van der Waals surface area contributed by atoms with E-state index in [0.29, 0.717) is 0 Å². The molecule has 0 radical (unpaired) electrons. The van der Waals surface area contributed by atoms with E-state index >= 15 is 0 Å². The summed E-state index contributed by atoms with van der Waals surface area (Å²) in [7, 11) is 0. The second kappa shape index (κ2) is 5.61. The summed E-state index contributed by atoms with van der Waals surface area (Å²) in [4.78, 5) is 9.58. The Balaban J connectivity index is 1.44. The minimum Gasteiger partial charge on any atom is -0.379 e. The van der Waals surface area contributed by atoms with Crippen LogP contribution in [-0.2, 0) is 4.74 Å². The summed E-state index contributed by atoms with van der Waals surface area (Å²) in [5.74, 6) is 0.834. The number of morpholine rings is 1. The van der Waals surface area contributed by atoms with Crippen molar-refractivity contribution in [3.8, 4) is 11.4 Å². The van der Waals surface area contributed by atoms with Gasteiger partial charge in [0.25, 0.3) is 0 Å². The molecule has 4 rings (SSSR count). The summed E-state index contributed by atoms with van der Waals surface area (Å²) in [6, 6.07) is 10.2. The number of ether oxygens (including phenoxy) is 1. The number of hydrogen-bond donors (Lipinski definition) is 0. The first-order chi connectivity index (χ1) is 10.7. The van der Waals surface area contributed by atoms with Crippen molar-refractivity contribution < 1.29 is 4.74 Å². The average Bonchev–Trinajstić information content (AvgIpc) is 3.03. The van der Waals surface area contributed by atoms with Crippen molar-refractivity contribution in [2.45, 2.75) is 12.5 Å². The standard InChI is InChI=1S/C16H20N4OS/c1-16(20-7-9-21-10-8-20)11-19(12-16)15-17-14(18-22-15)13-5-3-2-4-6-13/h2-6H,7-12H2,1H3. The minimum atomic E-state index is 0.252. The highest BCUT2D eigenvalue weighted by molar-refractivity contribution is 7.09. The SMILES string of the molecule is CC1(N2CCOCC2)CN(c2nc(-c3ccccc3)ns2)C1. The predicted octanol–water partition coefficient (Wildman–Crippen LogP) is 2.12. The van der Waals surface area contributed by atoms with E-state index in [9.17, 15) is 0 Å². The van der Waals surface area contributed by atoms with Gasteiger partial charge in [-0.3, -0.25) is 4.90 Å². The molecule has 2 saturated heterocycles. The second-order valence-electron chi connectivity index (χ2n) is 6.22. The molecule has 0 amide bonds. The summed E-state index contributed by atoms with van der Waals surface area (Å²) >= 11 is 1.50. The lowest BCUT2D eigenvalue weighted by atomic mass is 9.90. The first-order valence-electron chi connectivity index (χ1n) is 7.71. The monoisotopic (exact) mass is 316 g/mol. The lowest BCUT2D eigenvalue weighted by Crippen LogP contribution is -2.70. The highest BCUT2D eigenvalue weighted by Crippen LogP contribution is 2.34. The third-order valence-electron chi connectivity index (χ3n) is 4.56. The fourth-order valence-electron chi connectivity index (χ4n) is 3.26. The smallest absolute Gasteiger partial charge is 0.205 e. The molecular formula is C16H20N4OS. The van der Waals surface area contributed by atoms with Crippen LogP contribution in [0.1, 0.15) is 6.92 Å². The highest BCUT2D eigenvalue weighted by atomic mass is 32.1. The van der Waals surface area contributed by atoms with Gasteiger partial charge in [-0.15, -0.1) is 0 Å². The van der Waals surface area contributed by atoms with Crippen LogP contribution in [0, 0.1) is 0 Å². The van der Waals surface area contributed by atoms with Gasteiger partial charge >= 0.3 is 0 Å². The van der Waals surface area contributed by atoms with Crippen LogP contribution in [0.3, 0.4) is 0 Å². The van der Waals surface area contributed by atoms with Crippen molar-refractivity contribution in [2.75, 3.05) is 44.3 Å². The van der Waals surface area contributed by atoms with Crippen molar-refractivity contribution in [1.82, 2.24) is 14.3 Å². The molecule has 6 heteroatoms. The Morgan fingerprint density at radius 3 is 2.59 bits per heavy atom. The highest BCUT2D eigenvalue weighted by Gasteiger charge is 2.45. The third-order valence-corrected chi connectivity index (χ3v) is 5.33. The maximum Gasteiger partial charge on any atom is 0.205 e. The molecule has 2 aromatic rings. The van der Waals surface area contributed by atoms with Gasteiger partial charge < -0.3 is 9.64 Å². The molecule has 22 heavy (non-hydrogen) atoms. The zero-order valence-electron chi connectivity index (χ0n) is 12.7. The lowest BCUT2D eigenvalue weighted by molar-refractivity contribution is -0.0265. The molecule has 0 spiro atoms. The number of benzene rings is 1. The lowest BCUT2D eigenvalue weighted by Gasteiger charge is -2.54. The molecule has 0 N–H and O–H groups in total. The molecule has 1 aromatic heterocycles. The van der Waals surface area contributed by atoms with E-state index in [1.165, 1.54) is 11.5 Å². The van der Waals surface area contributed by atoms with E-state index < -0.39 is 0 Å². The maximum atomic E-state index is 5.45. The molecule has 2 fully saturated rings. The minimum absolute atomic E-state index is 0.252. The summed E-state index contributed by atoms with van der Waals surface area (Å²) in [6.45, 7) is 8.17. The zero-order chi connectivity index (χ0) is 15.0. The van der Waals surface area contributed by atoms with Gasteiger partial charge in [0.15, 0.2) is 5.82 Å². The van der Waals surface area contributed by atoms with Crippen LogP contribution >= 0.6 is 11.5 Å². The van der Waals surface area contributed by atoms with Crippen molar-refractivity contribution in [3.63, 3.8) is 0 Å². The van der Waals surface area contributed by atoms with Gasteiger partial charge in [0.05, 0.1) is 18.8 Å². The molecular weight excluding hydrogens is 296 g/mol. The van der Waals surface area contributed by atoms with Crippen molar-refractivity contribution in [1.29, 1.82) is 0 Å². The molecule has 5 nitrogen and oxygen atoms in total. The molecule has 0 unspecified atom stereocenters. The number of nitrogens with zero attached hydrogens (tertiary/aromatic N) is 4. The zero-order valence-corrected chi connectivity index (χ0v) is 13.6. The summed E-state index contributed by atoms with van der Waals surface area (Å²) in [5.41, 5.74) is 1.34. The Labute approximate surface area is 134 Å². The van der Waals surface area contributed by atoms with E-state index in [2.05, 4.69) is 33.2 Å². The van der Waals surface area contributed by atoms with E-state index in [1.807, 2.05) is 18.2 Å². The van der Waals surface area contributed by atoms with Crippen LogP contribution in [0.25, 0.3) is 11.4 Å². The normalized spacial score (nSPS) is 21.6. The Morgan fingerprint density at radius 2 is 1.86 bits per heavy atom. The molecule has 0 saturated carbocycles. The fourth-order valence-corrected chi connectivity index (χ4v) is 3.95. The van der Waals surface area contributed by atoms with Gasteiger partial charge in [-0.2, -0.15) is 9.36 Å². The number of hydrogen-bond acceptors (Lipinski definition) is 6. The molecule has 0 bridgehead atoms. The Hall–Kier alpha value is -1.50. The molecule has 0 atom stereocenters. The number of anilines is 1. The molecule has 0 aliphatic carbocycles. The Morgan fingerprint density at radius 1 is 1.14 bits per heavy atom. The van der Waals surface area contributed by atoms with Crippen molar-refractivity contribution >= 4 is 16.7 Å². The molecule has 1 aromatic carbocycles. The van der Waals surface area contributed by atoms with E-state index in [0.717, 1.165) is 55.9 Å². The summed E-state index contributed by atoms with van der Waals surface area (Å²) < 4.78 is 9.96. The van der Waals surface area contributed by atoms with Crippen LogP contribution in [0.5, 0.6) is 0 Å². The first kappa shape index (κ1) is 14.1. The molecule has 116 valence electrons. The summed E-state index contributed by atoms with van der Waals surface area (Å²) in [5, 5.41) is 1.03. The fraction of sp³-hybridized carbons (Fsp3) is 0.500. The van der Waals surface area contributed by atoms with Gasteiger partial charge in [-0.05, 0) is 6.92 Å². The van der Waals surface area contributed by atoms with Crippen LogP contribution in [0.4, 0.5) is 5.13 Å². The van der Waals surface area contributed by atoms with E-state index in [1.54, 1.807) is 0 Å². The molecule has 2 aliphatic rings. The van der Waals surface area contributed by atoms with E-state index in [4.69, 9.17) is 9.72 Å². The quantitative estimate of drug-likeness (QED) is 0.867. The average molecular weight is 316 g/mol. The van der Waals surface area contributed by atoms with Crippen LogP contribution < -0.4 is 4.90 Å². The largest absolute Gasteiger partial charge is 0.379 e. The summed E-state index contributed by atoms with van der Waals surface area (Å²) in [6.07, 6.45) is 0. The Kier molecular flexibility index (Phi) is 3.60. The Bertz CT molecular complexity index is 633. The third kappa shape index (κ3) is 2.51. The van der Waals surface area contributed by atoms with Gasteiger partial charge in [-0.25, -0.2) is 0 Å². The first-order valence-corrected chi connectivity index (χ1v) is 8.49. The maximum absolute atomic E-state index is 5.45. The van der Waals surface area contributed by atoms with Crippen molar-refractivity contribution in [2.24, 2.45) is 0 Å². The predicted molar refractivity (Wildman–Crippen MR) is 88.4 cm³/mol. The molecule has 2 aliphatic heterocycles. The van der Waals surface area contributed by atoms with Gasteiger partial charge in [0.2, 0.25) is 5.13 Å². The van der Waals surface area contributed by atoms with Gasteiger partial charge in [0.1, 0.15) is 0 Å². The number of aromatic nitrogens is 2. The van der Waals surface area contributed by atoms with Crippen LogP contribution in [-0.4, -0.2) is 59.2 Å². The molecule has 3 heterocycles. The topological polar surface area (TPSA) is 41.5 Å². The second-order valence-corrected chi connectivity index (χ2v) is 6.95. The van der Waals surface area contributed by atoms with Crippen LogP contribution in [0.2, 0.25) is 0 Å². The van der Waals surface area contributed by atoms with Gasteiger partial charge in [0, 0.05) is 43.3 Å². The van der Waals surface area contributed by atoms with Crippen molar-refractivity contribution in [3.05, 3.63) is 30.3 Å². The van der Waals surface area contributed by atoms with Gasteiger partial charge in [-0.1, -0.05) is 30.3 Å². The van der Waals surface area contributed by atoms with E-state index in [-0.39, 0.29) is 5.54 Å². The number of rotatable bonds is 3.